The second-order valence-electron chi connectivity index (χ2n) is 5.09. The van der Waals surface area contributed by atoms with Gasteiger partial charge in [-0.3, -0.25) is 4.79 Å². The molecule has 0 radical (unpaired) electrons. The van der Waals surface area contributed by atoms with E-state index in [9.17, 15) is 14.9 Å². The summed E-state index contributed by atoms with van der Waals surface area (Å²) in [5.41, 5.74) is 1.51. The maximum Gasteiger partial charge on any atom is 0.337 e. The summed E-state index contributed by atoms with van der Waals surface area (Å²) in [6, 6.07) is 13.4. The zero-order valence-corrected chi connectivity index (χ0v) is 16.2. The van der Waals surface area contributed by atoms with E-state index in [0.29, 0.717) is 16.8 Å². The maximum absolute atomic E-state index is 12.3. The van der Waals surface area contributed by atoms with Gasteiger partial charge in [0.1, 0.15) is 17.4 Å². The quantitative estimate of drug-likeness (QED) is 0.317. The predicted molar refractivity (Wildman–Crippen MR) is 106 cm³/mol. The van der Waals surface area contributed by atoms with Crippen LogP contribution in [0, 0.1) is 14.9 Å². The molecule has 0 aromatic heterocycles. The van der Waals surface area contributed by atoms with E-state index in [2.05, 4.69) is 32.6 Å². The van der Waals surface area contributed by atoms with E-state index in [1.165, 1.54) is 25.3 Å². The van der Waals surface area contributed by atoms with Crippen LogP contribution in [0.4, 0.5) is 5.69 Å². The lowest BCUT2D eigenvalue weighted by Crippen LogP contribution is -2.13. The van der Waals surface area contributed by atoms with Crippen molar-refractivity contribution in [1.29, 1.82) is 5.26 Å². The zero-order valence-electron chi connectivity index (χ0n) is 14.1. The molecule has 0 unspecified atom stereocenters. The molecule has 0 fully saturated rings. The first-order valence-corrected chi connectivity index (χ1v) is 8.51. The van der Waals surface area contributed by atoms with Crippen LogP contribution in [0.3, 0.4) is 0 Å². The minimum Gasteiger partial charge on any atom is -0.496 e. The fourth-order valence-corrected chi connectivity index (χ4v) is 2.85. The van der Waals surface area contributed by atoms with Gasteiger partial charge in [-0.05, 0) is 70.6 Å². The third kappa shape index (κ3) is 4.83. The highest BCUT2D eigenvalue weighted by atomic mass is 127. The number of rotatable bonds is 5. The van der Waals surface area contributed by atoms with Crippen molar-refractivity contribution in [2.24, 2.45) is 0 Å². The lowest BCUT2D eigenvalue weighted by molar-refractivity contribution is -0.112. The molecule has 0 bridgehead atoms. The van der Waals surface area contributed by atoms with E-state index in [1.807, 2.05) is 12.1 Å². The Hall–Kier alpha value is -2.86. The number of halogens is 1. The second-order valence-corrected chi connectivity index (χ2v) is 6.25. The van der Waals surface area contributed by atoms with Gasteiger partial charge >= 0.3 is 5.97 Å². The van der Waals surface area contributed by atoms with Crippen LogP contribution in [-0.2, 0) is 9.53 Å². The van der Waals surface area contributed by atoms with Crippen molar-refractivity contribution >= 4 is 46.2 Å². The number of benzene rings is 2. The number of nitriles is 1. The molecule has 0 spiro atoms. The molecule has 1 amide bonds. The van der Waals surface area contributed by atoms with Crippen LogP contribution in [0.5, 0.6) is 5.75 Å². The summed E-state index contributed by atoms with van der Waals surface area (Å²) in [5.74, 6) is -0.282. The number of esters is 1. The molecule has 2 aromatic carbocycles. The third-order valence-corrected chi connectivity index (χ3v) is 4.26. The molecule has 0 aliphatic carbocycles. The average Bonchev–Trinajstić information content (AvgIpc) is 2.66. The van der Waals surface area contributed by atoms with Gasteiger partial charge in [0.2, 0.25) is 0 Å². The Bertz CT molecular complexity index is 899. The minimum absolute atomic E-state index is 0.0389. The molecule has 0 atom stereocenters. The van der Waals surface area contributed by atoms with Crippen molar-refractivity contribution in [3.63, 3.8) is 0 Å². The Morgan fingerprint density at radius 2 is 1.85 bits per heavy atom. The zero-order chi connectivity index (χ0) is 19.1. The first kappa shape index (κ1) is 19.5. The lowest BCUT2D eigenvalue weighted by atomic mass is 10.1. The van der Waals surface area contributed by atoms with Crippen molar-refractivity contribution in [3.05, 3.63) is 62.7 Å². The first-order valence-electron chi connectivity index (χ1n) is 7.43. The number of nitrogens with one attached hydrogen (secondary N) is 1. The Morgan fingerprint density at radius 3 is 2.38 bits per heavy atom. The van der Waals surface area contributed by atoms with E-state index in [-0.39, 0.29) is 5.57 Å². The van der Waals surface area contributed by atoms with Crippen LogP contribution >= 0.6 is 22.6 Å². The Kier molecular flexibility index (Phi) is 6.74. The van der Waals surface area contributed by atoms with Gasteiger partial charge in [0, 0.05) is 5.69 Å². The standard InChI is InChI=1S/C19H15IN2O4/c1-25-17-8-3-12(10-16(17)20)9-14(11-21)18(23)22-15-6-4-13(5-7-15)19(24)26-2/h3-10H,1-2H3,(H,22,23)/b14-9+. The van der Waals surface area contributed by atoms with Crippen LogP contribution in [0.1, 0.15) is 15.9 Å². The molecule has 132 valence electrons. The van der Waals surface area contributed by atoms with E-state index in [4.69, 9.17) is 4.74 Å². The van der Waals surface area contributed by atoms with Gasteiger partial charge in [-0.1, -0.05) is 6.07 Å². The molecule has 1 N–H and O–H groups in total. The minimum atomic E-state index is -0.538. The summed E-state index contributed by atoms with van der Waals surface area (Å²) >= 11 is 2.12. The molecular formula is C19H15IN2O4. The number of ether oxygens (including phenoxy) is 2. The summed E-state index contributed by atoms with van der Waals surface area (Å²) < 4.78 is 10.7. The topological polar surface area (TPSA) is 88.4 Å². The van der Waals surface area contributed by atoms with Gasteiger partial charge in [0.15, 0.2) is 0 Å². The number of hydrogen-bond donors (Lipinski definition) is 1. The maximum atomic E-state index is 12.3. The number of carbonyl (C=O) groups excluding carboxylic acids is 2. The fraction of sp³-hybridized carbons (Fsp3) is 0.105. The van der Waals surface area contributed by atoms with Crippen LogP contribution < -0.4 is 10.1 Å². The third-order valence-electron chi connectivity index (χ3n) is 3.42. The van der Waals surface area contributed by atoms with Crippen molar-refractivity contribution < 1.29 is 19.1 Å². The fourth-order valence-electron chi connectivity index (χ4n) is 2.09. The molecule has 0 heterocycles. The molecule has 2 aromatic rings. The molecule has 0 saturated heterocycles. The van der Waals surface area contributed by atoms with Crippen molar-refractivity contribution in [2.45, 2.75) is 0 Å². The molecule has 26 heavy (non-hydrogen) atoms. The number of nitrogens with zero attached hydrogens (tertiary/aromatic N) is 1. The van der Waals surface area contributed by atoms with Crippen LogP contribution in [0.2, 0.25) is 0 Å². The number of hydrogen-bond acceptors (Lipinski definition) is 5. The Morgan fingerprint density at radius 1 is 1.15 bits per heavy atom. The monoisotopic (exact) mass is 462 g/mol. The van der Waals surface area contributed by atoms with Crippen LogP contribution in [0.25, 0.3) is 6.08 Å². The first-order chi connectivity index (χ1) is 12.5. The number of carbonyl (C=O) groups is 2. The van der Waals surface area contributed by atoms with E-state index in [0.717, 1.165) is 9.32 Å². The SMILES string of the molecule is COC(=O)c1ccc(NC(=O)/C(C#N)=C/c2ccc(OC)c(I)c2)cc1. The van der Waals surface area contributed by atoms with E-state index >= 15 is 0 Å². The molecule has 6 nitrogen and oxygen atoms in total. The van der Waals surface area contributed by atoms with Gasteiger partial charge in [-0.2, -0.15) is 5.26 Å². The van der Waals surface area contributed by atoms with Crippen molar-refractivity contribution in [3.8, 4) is 11.8 Å². The number of amides is 1. The van der Waals surface area contributed by atoms with Gasteiger partial charge in [0.05, 0.1) is 23.4 Å². The molecule has 7 heteroatoms. The van der Waals surface area contributed by atoms with Crippen LogP contribution in [-0.4, -0.2) is 26.1 Å². The van der Waals surface area contributed by atoms with Gasteiger partial charge in [-0.15, -0.1) is 0 Å². The summed E-state index contributed by atoms with van der Waals surface area (Å²) in [6.45, 7) is 0. The Balaban J connectivity index is 2.17. The number of anilines is 1. The second kappa shape index (κ2) is 9.01. The normalized spacial score (nSPS) is 10.6. The lowest BCUT2D eigenvalue weighted by Gasteiger charge is -2.06. The largest absolute Gasteiger partial charge is 0.496 e. The predicted octanol–water partition coefficient (Wildman–Crippen LogP) is 3.63. The molecule has 0 aliphatic heterocycles. The highest BCUT2D eigenvalue weighted by Crippen LogP contribution is 2.23. The molecule has 2 rings (SSSR count). The van der Waals surface area contributed by atoms with E-state index in [1.54, 1.807) is 31.4 Å². The summed E-state index contributed by atoms with van der Waals surface area (Å²) in [4.78, 5) is 23.7. The van der Waals surface area contributed by atoms with Gasteiger partial charge in [0.25, 0.3) is 5.91 Å². The summed E-state index contributed by atoms with van der Waals surface area (Å²) in [7, 11) is 2.87. The summed E-state index contributed by atoms with van der Waals surface area (Å²) in [5, 5.41) is 11.9. The number of methoxy groups -OCH3 is 2. The molecule has 0 saturated carbocycles. The smallest absolute Gasteiger partial charge is 0.337 e. The van der Waals surface area contributed by atoms with Gasteiger partial charge in [-0.25, -0.2) is 4.79 Å². The molecular weight excluding hydrogens is 447 g/mol. The summed E-state index contributed by atoms with van der Waals surface area (Å²) in [6.07, 6.45) is 1.50. The highest BCUT2D eigenvalue weighted by molar-refractivity contribution is 14.1. The van der Waals surface area contributed by atoms with Crippen molar-refractivity contribution in [2.75, 3.05) is 19.5 Å². The Labute approximate surface area is 164 Å². The average molecular weight is 462 g/mol. The van der Waals surface area contributed by atoms with Crippen molar-refractivity contribution in [1.82, 2.24) is 0 Å². The van der Waals surface area contributed by atoms with Crippen LogP contribution in [0.15, 0.2) is 48.0 Å². The van der Waals surface area contributed by atoms with Gasteiger partial charge < -0.3 is 14.8 Å². The van der Waals surface area contributed by atoms with E-state index < -0.39 is 11.9 Å². The molecule has 0 aliphatic rings. The highest BCUT2D eigenvalue weighted by Gasteiger charge is 2.11.